The van der Waals surface area contributed by atoms with Gasteiger partial charge in [0.25, 0.3) is 5.69 Å². The Morgan fingerprint density at radius 2 is 2.11 bits per heavy atom. The average molecular weight is 268 g/mol. The highest BCUT2D eigenvalue weighted by atomic mass is 16.6. The molecule has 0 spiro atoms. The summed E-state index contributed by atoms with van der Waals surface area (Å²) in [6, 6.07) is 4.11. The number of hydrogen-bond acceptors (Lipinski definition) is 6. The fraction of sp³-hybridized carbons (Fsp3) is 0.417. The molecule has 0 unspecified atom stereocenters. The molecule has 0 aliphatic rings. The molecule has 0 heterocycles. The highest BCUT2D eigenvalue weighted by Crippen LogP contribution is 2.28. The van der Waals surface area contributed by atoms with Gasteiger partial charge >= 0.3 is 5.97 Å². The monoisotopic (exact) mass is 268 g/mol. The number of benzene rings is 1. The lowest BCUT2D eigenvalue weighted by molar-refractivity contribution is -0.384. The second-order valence-corrected chi connectivity index (χ2v) is 3.87. The zero-order chi connectivity index (χ0) is 14.4. The van der Waals surface area contributed by atoms with E-state index in [1.165, 1.54) is 25.3 Å². The maximum Gasteiger partial charge on any atom is 0.337 e. The molecule has 104 valence electrons. The predicted molar refractivity (Wildman–Crippen MR) is 69.6 cm³/mol. The molecular formula is C12H16N2O5. The molecule has 0 aromatic heterocycles. The van der Waals surface area contributed by atoms with Gasteiger partial charge in [0.1, 0.15) is 5.69 Å². The van der Waals surface area contributed by atoms with Gasteiger partial charge in [-0.15, -0.1) is 0 Å². The molecule has 7 heteroatoms. The van der Waals surface area contributed by atoms with Crippen LogP contribution in [-0.2, 0) is 9.47 Å². The van der Waals surface area contributed by atoms with Crippen LogP contribution in [0.4, 0.5) is 11.4 Å². The number of hydrogen-bond donors (Lipinski definition) is 0. The van der Waals surface area contributed by atoms with Gasteiger partial charge in [-0.1, -0.05) is 0 Å². The Hall–Kier alpha value is -2.15. The number of anilines is 1. The molecular weight excluding hydrogens is 252 g/mol. The molecule has 0 N–H and O–H groups in total. The molecule has 0 radical (unpaired) electrons. The Labute approximate surface area is 110 Å². The van der Waals surface area contributed by atoms with E-state index in [1.807, 2.05) is 0 Å². The van der Waals surface area contributed by atoms with E-state index in [-0.39, 0.29) is 11.3 Å². The number of rotatable bonds is 6. The summed E-state index contributed by atoms with van der Waals surface area (Å²) in [5.74, 6) is -0.531. The predicted octanol–water partition coefficient (Wildman–Crippen LogP) is 1.46. The van der Waals surface area contributed by atoms with E-state index < -0.39 is 10.9 Å². The van der Waals surface area contributed by atoms with Crippen molar-refractivity contribution in [3.05, 3.63) is 33.9 Å². The van der Waals surface area contributed by atoms with Crippen molar-refractivity contribution < 1.29 is 19.2 Å². The average Bonchev–Trinajstić information content (AvgIpc) is 2.42. The van der Waals surface area contributed by atoms with E-state index in [4.69, 9.17) is 4.74 Å². The van der Waals surface area contributed by atoms with E-state index >= 15 is 0 Å². The summed E-state index contributed by atoms with van der Waals surface area (Å²) in [5.41, 5.74) is 0.559. The number of carbonyl (C=O) groups is 1. The zero-order valence-electron chi connectivity index (χ0n) is 11.1. The van der Waals surface area contributed by atoms with Crippen molar-refractivity contribution in [2.24, 2.45) is 0 Å². The van der Waals surface area contributed by atoms with E-state index in [0.717, 1.165) is 0 Å². The number of likely N-dealkylation sites (N-methyl/N-ethyl adjacent to an activating group) is 1. The van der Waals surface area contributed by atoms with Crippen LogP contribution >= 0.6 is 0 Å². The van der Waals surface area contributed by atoms with E-state index in [1.54, 1.807) is 19.1 Å². The summed E-state index contributed by atoms with van der Waals surface area (Å²) >= 11 is 0. The van der Waals surface area contributed by atoms with Crippen molar-refractivity contribution in [3.8, 4) is 0 Å². The number of nitro benzene ring substituents is 1. The number of esters is 1. The fourth-order valence-corrected chi connectivity index (χ4v) is 1.58. The van der Waals surface area contributed by atoms with Gasteiger partial charge in [0.05, 0.1) is 24.2 Å². The zero-order valence-corrected chi connectivity index (χ0v) is 11.1. The minimum atomic E-state index is -0.531. The molecule has 0 atom stereocenters. The maximum absolute atomic E-state index is 11.4. The topological polar surface area (TPSA) is 81.9 Å². The van der Waals surface area contributed by atoms with Crippen LogP contribution < -0.4 is 4.90 Å². The minimum Gasteiger partial charge on any atom is -0.465 e. The fourth-order valence-electron chi connectivity index (χ4n) is 1.58. The molecule has 0 saturated heterocycles. The van der Waals surface area contributed by atoms with E-state index in [0.29, 0.717) is 18.8 Å². The smallest absolute Gasteiger partial charge is 0.337 e. The first-order valence-electron chi connectivity index (χ1n) is 5.58. The summed E-state index contributed by atoms with van der Waals surface area (Å²) in [4.78, 5) is 23.6. The van der Waals surface area contributed by atoms with Crippen molar-refractivity contribution in [3.63, 3.8) is 0 Å². The molecule has 0 aliphatic carbocycles. The Balaban J connectivity index is 3.15. The summed E-state index contributed by atoms with van der Waals surface area (Å²) in [5, 5.41) is 11.0. The summed E-state index contributed by atoms with van der Waals surface area (Å²) in [6.07, 6.45) is 0. The maximum atomic E-state index is 11.4. The van der Waals surface area contributed by atoms with Gasteiger partial charge < -0.3 is 14.4 Å². The second kappa shape index (κ2) is 6.69. The van der Waals surface area contributed by atoms with Crippen LogP contribution in [0.1, 0.15) is 10.4 Å². The van der Waals surface area contributed by atoms with E-state index in [2.05, 4.69) is 4.74 Å². The Morgan fingerprint density at radius 1 is 1.42 bits per heavy atom. The Morgan fingerprint density at radius 3 is 2.63 bits per heavy atom. The van der Waals surface area contributed by atoms with Crippen LogP contribution in [0.25, 0.3) is 0 Å². The largest absolute Gasteiger partial charge is 0.465 e. The highest BCUT2D eigenvalue weighted by molar-refractivity contribution is 5.91. The minimum absolute atomic E-state index is 0.0637. The van der Waals surface area contributed by atoms with Gasteiger partial charge in [-0.25, -0.2) is 4.79 Å². The Bertz CT molecular complexity index is 475. The van der Waals surface area contributed by atoms with Crippen LogP contribution in [0.3, 0.4) is 0 Å². The molecule has 0 aliphatic heterocycles. The van der Waals surface area contributed by atoms with Gasteiger partial charge in [-0.2, -0.15) is 0 Å². The van der Waals surface area contributed by atoms with E-state index in [9.17, 15) is 14.9 Å². The molecule has 0 fully saturated rings. The standard InChI is InChI=1S/C12H16N2O5/c1-13(6-7-18-2)11-8-9(12(15)19-3)4-5-10(11)14(16)17/h4-5,8H,6-7H2,1-3H3. The summed E-state index contributed by atoms with van der Waals surface area (Å²) in [6.45, 7) is 0.901. The van der Waals surface area contributed by atoms with Gasteiger partial charge in [0, 0.05) is 26.8 Å². The van der Waals surface area contributed by atoms with Crippen molar-refractivity contribution in [1.29, 1.82) is 0 Å². The lowest BCUT2D eigenvalue weighted by Crippen LogP contribution is -2.23. The van der Waals surface area contributed by atoms with Crippen molar-refractivity contribution in [2.45, 2.75) is 0 Å². The number of nitrogens with zero attached hydrogens (tertiary/aromatic N) is 2. The van der Waals surface area contributed by atoms with Crippen LogP contribution in [0.2, 0.25) is 0 Å². The van der Waals surface area contributed by atoms with Gasteiger partial charge in [-0.3, -0.25) is 10.1 Å². The molecule has 0 bridgehead atoms. The lowest BCUT2D eigenvalue weighted by atomic mass is 10.1. The first-order valence-corrected chi connectivity index (χ1v) is 5.58. The number of methoxy groups -OCH3 is 2. The first-order chi connectivity index (χ1) is 9.01. The number of ether oxygens (including phenoxy) is 2. The number of carbonyl (C=O) groups excluding carboxylic acids is 1. The van der Waals surface area contributed by atoms with Crippen LogP contribution in [-0.4, -0.2) is 45.3 Å². The van der Waals surface area contributed by atoms with Gasteiger partial charge in [0.2, 0.25) is 0 Å². The molecule has 1 aromatic rings. The molecule has 1 aromatic carbocycles. The molecule has 7 nitrogen and oxygen atoms in total. The second-order valence-electron chi connectivity index (χ2n) is 3.87. The number of nitro groups is 1. The normalized spacial score (nSPS) is 10.1. The third-order valence-corrected chi connectivity index (χ3v) is 2.64. The summed E-state index contributed by atoms with van der Waals surface area (Å²) in [7, 11) is 4.51. The molecule has 0 amide bonds. The Kier molecular flexibility index (Phi) is 5.25. The van der Waals surface area contributed by atoms with Crippen LogP contribution in [0.15, 0.2) is 18.2 Å². The molecule has 1 rings (SSSR count). The van der Waals surface area contributed by atoms with Gasteiger partial charge in [0.15, 0.2) is 0 Å². The van der Waals surface area contributed by atoms with Crippen molar-refractivity contribution in [1.82, 2.24) is 0 Å². The highest BCUT2D eigenvalue weighted by Gasteiger charge is 2.19. The molecule has 19 heavy (non-hydrogen) atoms. The van der Waals surface area contributed by atoms with Crippen molar-refractivity contribution >= 4 is 17.3 Å². The SMILES string of the molecule is COCCN(C)c1cc(C(=O)OC)ccc1[N+](=O)[O-]. The quantitative estimate of drug-likeness (QED) is 0.441. The van der Waals surface area contributed by atoms with Crippen LogP contribution in [0.5, 0.6) is 0 Å². The first kappa shape index (κ1) is 14.9. The van der Waals surface area contributed by atoms with Gasteiger partial charge in [-0.05, 0) is 12.1 Å². The third-order valence-electron chi connectivity index (χ3n) is 2.64. The van der Waals surface area contributed by atoms with Crippen molar-refractivity contribution in [2.75, 3.05) is 39.3 Å². The third kappa shape index (κ3) is 3.65. The molecule has 0 saturated carbocycles. The summed E-state index contributed by atoms with van der Waals surface area (Å²) < 4.78 is 9.53. The lowest BCUT2D eigenvalue weighted by Gasteiger charge is -2.19. The van der Waals surface area contributed by atoms with Crippen LogP contribution in [0, 0.1) is 10.1 Å².